The molecule has 0 aliphatic rings. The third-order valence-electron chi connectivity index (χ3n) is 3.39. The average Bonchev–Trinajstić information content (AvgIpc) is 2.91. The number of sulfonamides is 1. The third-order valence-corrected chi connectivity index (χ3v) is 6.23. The Hall–Kier alpha value is -1.57. The first-order valence-electron chi connectivity index (χ1n) is 6.61. The smallest absolute Gasteiger partial charge is 0.246 e. The van der Waals surface area contributed by atoms with Crippen molar-refractivity contribution in [2.24, 2.45) is 0 Å². The molecule has 1 aromatic heterocycles. The van der Waals surface area contributed by atoms with Crippen molar-refractivity contribution in [1.82, 2.24) is 4.31 Å². The second kappa shape index (κ2) is 6.68. The fraction of sp³-hybridized carbons (Fsp3) is 0.333. The minimum atomic E-state index is -3.67. The molecule has 22 heavy (non-hydrogen) atoms. The molecule has 0 aliphatic heterocycles. The molecule has 0 bridgehead atoms. The molecular weight excluding hydrogens is 322 g/mol. The number of hydrogen-bond donors (Lipinski definition) is 0. The number of thiophene rings is 1. The summed E-state index contributed by atoms with van der Waals surface area (Å²) in [6, 6.07) is 6.72. The van der Waals surface area contributed by atoms with Gasteiger partial charge in [-0.3, -0.25) is 0 Å². The minimum Gasteiger partial charge on any atom is -0.497 e. The van der Waals surface area contributed by atoms with Crippen molar-refractivity contribution < 1.29 is 17.9 Å². The van der Waals surface area contributed by atoms with Crippen LogP contribution in [-0.4, -0.2) is 34.0 Å². The summed E-state index contributed by atoms with van der Waals surface area (Å²) in [6.45, 7) is 2.30. The van der Waals surface area contributed by atoms with Crippen molar-refractivity contribution in [3.63, 3.8) is 0 Å². The Balaban J connectivity index is 2.39. The van der Waals surface area contributed by atoms with E-state index in [0.717, 1.165) is 10.4 Å². The molecule has 0 fully saturated rings. The van der Waals surface area contributed by atoms with E-state index in [1.807, 2.05) is 18.4 Å². The topological polar surface area (TPSA) is 55.8 Å². The number of methoxy groups -OCH3 is 2. The molecule has 0 radical (unpaired) electrons. The van der Waals surface area contributed by atoms with Crippen LogP contribution in [0.15, 0.2) is 34.5 Å². The van der Waals surface area contributed by atoms with Gasteiger partial charge in [-0.05, 0) is 36.1 Å². The highest BCUT2D eigenvalue weighted by Crippen LogP contribution is 2.31. The van der Waals surface area contributed by atoms with Crippen LogP contribution in [0.2, 0.25) is 0 Å². The van der Waals surface area contributed by atoms with Gasteiger partial charge in [-0.2, -0.15) is 4.31 Å². The molecule has 0 N–H and O–H groups in total. The summed E-state index contributed by atoms with van der Waals surface area (Å²) in [5.41, 5.74) is 1.09. The van der Waals surface area contributed by atoms with Crippen molar-refractivity contribution in [2.75, 3.05) is 21.3 Å². The Labute approximate surface area is 135 Å². The van der Waals surface area contributed by atoms with Gasteiger partial charge in [0.15, 0.2) is 0 Å². The van der Waals surface area contributed by atoms with Crippen molar-refractivity contribution in [1.29, 1.82) is 0 Å². The SMILES string of the molecule is COc1ccc(OC)c(S(=O)(=O)N(C)Cc2sccc2C)c1. The van der Waals surface area contributed by atoms with Crippen LogP contribution >= 0.6 is 11.3 Å². The molecule has 2 aromatic rings. The molecule has 1 aromatic carbocycles. The number of benzene rings is 1. The van der Waals surface area contributed by atoms with Gasteiger partial charge in [-0.25, -0.2) is 8.42 Å². The lowest BCUT2D eigenvalue weighted by atomic mass is 10.3. The zero-order chi connectivity index (χ0) is 16.3. The predicted octanol–water partition coefficient (Wildman–Crippen LogP) is 2.89. The lowest BCUT2D eigenvalue weighted by molar-refractivity contribution is 0.388. The van der Waals surface area contributed by atoms with Gasteiger partial charge in [0.05, 0.1) is 14.2 Å². The van der Waals surface area contributed by atoms with Gasteiger partial charge in [-0.1, -0.05) is 0 Å². The van der Waals surface area contributed by atoms with Crippen LogP contribution in [0, 0.1) is 6.92 Å². The minimum absolute atomic E-state index is 0.103. The summed E-state index contributed by atoms with van der Waals surface area (Å²) >= 11 is 1.54. The molecule has 0 unspecified atom stereocenters. The van der Waals surface area contributed by atoms with Gasteiger partial charge >= 0.3 is 0 Å². The quantitative estimate of drug-likeness (QED) is 0.811. The van der Waals surface area contributed by atoms with Crippen molar-refractivity contribution in [3.05, 3.63) is 40.1 Å². The first-order valence-corrected chi connectivity index (χ1v) is 8.93. The maximum Gasteiger partial charge on any atom is 0.246 e. The number of hydrogen-bond acceptors (Lipinski definition) is 5. The van der Waals surface area contributed by atoms with E-state index in [2.05, 4.69) is 0 Å². The highest BCUT2D eigenvalue weighted by Gasteiger charge is 2.26. The second-order valence-electron chi connectivity index (χ2n) is 4.80. The van der Waals surface area contributed by atoms with Gasteiger partial charge < -0.3 is 9.47 Å². The summed E-state index contributed by atoms with van der Waals surface area (Å²) < 4.78 is 37.2. The van der Waals surface area contributed by atoms with E-state index in [-0.39, 0.29) is 4.90 Å². The number of nitrogens with zero attached hydrogens (tertiary/aromatic N) is 1. The summed E-state index contributed by atoms with van der Waals surface area (Å²) in [5, 5.41) is 1.96. The Bertz CT molecular complexity index is 753. The molecular formula is C15H19NO4S2. The monoisotopic (exact) mass is 341 g/mol. The fourth-order valence-corrected chi connectivity index (χ4v) is 4.35. The highest BCUT2D eigenvalue weighted by atomic mass is 32.2. The van der Waals surface area contributed by atoms with Crippen molar-refractivity contribution >= 4 is 21.4 Å². The van der Waals surface area contributed by atoms with E-state index in [9.17, 15) is 8.42 Å². The standard InChI is InChI=1S/C15H19NO4S2/c1-11-7-8-21-14(11)10-16(2)22(17,18)15-9-12(19-3)5-6-13(15)20-4/h5-9H,10H2,1-4H3. The number of aryl methyl sites for hydroxylation is 1. The second-order valence-corrected chi connectivity index (χ2v) is 7.82. The van der Waals surface area contributed by atoms with Crippen LogP contribution in [-0.2, 0) is 16.6 Å². The molecule has 0 aliphatic carbocycles. The molecule has 1 heterocycles. The van der Waals surface area contributed by atoms with Gasteiger partial charge in [0, 0.05) is 24.5 Å². The Morgan fingerprint density at radius 2 is 1.91 bits per heavy atom. The van der Waals surface area contributed by atoms with Crippen LogP contribution in [0.1, 0.15) is 10.4 Å². The first-order chi connectivity index (χ1) is 10.4. The molecule has 0 amide bonds. The van der Waals surface area contributed by atoms with E-state index in [0.29, 0.717) is 18.0 Å². The van der Waals surface area contributed by atoms with Crippen LogP contribution < -0.4 is 9.47 Å². The maximum absolute atomic E-state index is 12.8. The van der Waals surface area contributed by atoms with E-state index < -0.39 is 10.0 Å². The Morgan fingerprint density at radius 1 is 1.18 bits per heavy atom. The summed E-state index contributed by atoms with van der Waals surface area (Å²) in [7, 11) is 0.836. The number of ether oxygens (including phenoxy) is 2. The summed E-state index contributed by atoms with van der Waals surface area (Å²) in [6.07, 6.45) is 0. The first kappa shape index (κ1) is 16.8. The normalized spacial score (nSPS) is 11.7. The summed E-state index contributed by atoms with van der Waals surface area (Å²) in [4.78, 5) is 1.12. The predicted molar refractivity (Wildman–Crippen MR) is 87.3 cm³/mol. The molecule has 120 valence electrons. The molecule has 0 atom stereocenters. The van der Waals surface area contributed by atoms with Crippen LogP contribution in [0.3, 0.4) is 0 Å². The van der Waals surface area contributed by atoms with E-state index >= 15 is 0 Å². The van der Waals surface area contributed by atoms with E-state index in [4.69, 9.17) is 9.47 Å². The highest BCUT2D eigenvalue weighted by molar-refractivity contribution is 7.89. The number of rotatable bonds is 6. The fourth-order valence-electron chi connectivity index (χ4n) is 2.01. The largest absolute Gasteiger partial charge is 0.497 e. The lowest BCUT2D eigenvalue weighted by Gasteiger charge is -2.19. The van der Waals surface area contributed by atoms with Crippen molar-refractivity contribution in [2.45, 2.75) is 18.4 Å². The van der Waals surface area contributed by atoms with Crippen LogP contribution in [0.25, 0.3) is 0 Å². The lowest BCUT2D eigenvalue weighted by Crippen LogP contribution is -2.26. The van der Waals surface area contributed by atoms with Gasteiger partial charge in [-0.15, -0.1) is 11.3 Å². The third kappa shape index (κ3) is 3.26. The van der Waals surface area contributed by atoms with E-state index in [1.165, 1.54) is 24.6 Å². The van der Waals surface area contributed by atoms with E-state index in [1.54, 1.807) is 30.5 Å². The molecule has 0 saturated heterocycles. The molecule has 0 spiro atoms. The Morgan fingerprint density at radius 3 is 2.45 bits per heavy atom. The average molecular weight is 341 g/mol. The van der Waals surface area contributed by atoms with Gasteiger partial charge in [0.2, 0.25) is 10.0 Å². The van der Waals surface area contributed by atoms with Crippen molar-refractivity contribution in [3.8, 4) is 11.5 Å². The van der Waals surface area contributed by atoms with Crippen LogP contribution in [0.4, 0.5) is 0 Å². The zero-order valence-electron chi connectivity index (χ0n) is 13.0. The Kier molecular flexibility index (Phi) is 5.10. The summed E-state index contributed by atoms with van der Waals surface area (Å²) in [5.74, 6) is 0.774. The van der Waals surface area contributed by atoms with Gasteiger partial charge in [0.1, 0.15) is 16.4 Å². The molecule has 5 nitrogen and oxygen atoms in total. The maximum atomic E-state index is 12.8. The zero-order valence-corrected chi connectivity index (χ0v) is 14.6. The van der Waals surface area contributed by atoms with Crippen LogP contribution in [0.5, 0.6) is 11.5 Å². The molecule has 7 heteroatoms. The van der Waals surface area contributed by atoms with Gasteiger partial charge in [0.25, 0.3) is 0 Å². The molecule has 0 saturated carbocycles. The molecule has 2 rings (SSSR count).